The molecule has 26 nitrogen and oxygen atoms in total. The van der Waals surface area contributed by atoms with Crippen LogP contribution in [0.5, 0.6) is 0 Å². The molecule has 0 rings (SSSR count). The van der Waals surface area contributed by atoms with Crippen molar-refractivity contribution in [2.45, 2.75) is 34.6 Å². The second-order valence-electron chi connectivity index (χ2n) is 14.9. The molecule has 0 aromatic carbocycles. The summed E-state index contributed by atoms with van der Waals surface area (Å²) in [7, 11) is 0. The lowest BCUT2D eigenvalue weighted by Gasteiger charge is -2.32. The predicted molar refractivity (Wildman–Crippen MR) is 256 cm³/mol. The minimum Gasteiger partial charge on any atom is -0.435 e. The molecule has 0 atom stereocenters. The molecule has 0 saturated heterocycles. The molecule has 0 aromatic rings. The summed E-state index contributed by atoms with van der Waals surface area (Å²) in [6.45, 7) is 18.9. The van der Waals surface area contributed by atoms with Crippen molar-refractivity contribution in [3.8, 4) is 0 Å². The van der Waals surface area contributed by atoms with Crippen LogP contribution in [0.25, 0.3) is 0 Å². The molecule has 422 valence electrons. The second kappa shape index (κ2) is 49.5. The van der Waals surface area contributed by atoms with Crippen molar-refractivity contribution in [3.05, 3.63) is 60.8 Å². The monoisotopic (exact) mass is 1130 g/mol. The Morgan fingerprint density at radius 3 is 0.653 bits per heavy atom. The van der Waals surface area contributed by atoms with E-state index in [9.17, 15) is 24.0 Å². The Kier molecular flexibility index (Phi) is 53.2. The van der Waals surface area contributed by atoms with E-state index >= 15 is 0 Å². The van der Waals surface area contributed by atoms with Gasteiger partial charge in [-0.15, -0.1) is 0 Å². The molecule has 0 bridgehead atoms. The average molecular weight is 1140 g/mol. The van der Waals surface area contributed by atoms with Crippen molar-refractivity contribution < 1.29 is 127 Å². The molecule has 0 aliphatic heterocycles. The van der Waals surface area contributed by atoms with Crippen LogP contribution >= 0.6 is 27.5 Å². The average Bonchev–Trinajstić information content (AvgIpc) is 3.35. The fourth-order valence-corrected chi connectivity index (χ4v) is 3.75. The number of carbonyl (C=O) groups excluding carboxylic acids is 5. The van der Waals surface area contributed by atoms with Crippen LogP contribution in [-0.4, -0.2) is 214 Å². The van der Waals surface area contributed by atoms with E-state index in [1.54, 1.807) is 6.92 Å². The Morgan fingerprint density at radius 2 is 0.542 bits per heavy atom. The highest BCUT2D eigenvalue weighted by molar-refractivity contribution is 9.09. The number of ether oxygens (including phenoxy) is 12. The van der Waals surface area contributed by atoms with Crippen LogP contribution < -0.4 is 0 Å². The van der Waals surface area contributed by atoms with E-state index in [4.69, 9.17) is 114 Å². The lowest BCUT2D eigenvalue weighted by molar-refractivity contribution is -0.188. The molecule has 0 radical (unpaired) electrons. The number of hydrogen-bond acceptors (Lipinski definition) is 26. The number of rotatable bonds is 37. The van der Waals surface area contributed by atoms with Gasteiger partial charge in [0, 0.05) is 27.9 Å². The standard InChI is InChI=1S/C25H36O12.C9H20O8.C5H12O4.C4H5ClO.CH3BrO/c1-17(2)21(26)34-13-30-9-25(10-31-14-35-22(27)18(3)4,11-32-15-36-23(28)19(5)6)12-33-16-37-24(29)20(7)8;10-5-14-1-9(2-15-6-11,3-16-7-12)4-17-8-13;6-1-5(2-7,3-8)4-9;1-3(2)4(5)6;2-1-3/h1,3,5,7,9-16H2,2,4,6,8H3;10-13H,1-8H2;6-9H,1-4H2;1H2,2H3;3H,1H2. The molecule has 0 heterocycles. The largest absolute Gasteiger partial charge is 0.435 e. The van der Waals surface area contributed by atoms with Crippen LogP contribution in [-0.2, 0) is 80.8 Å². The van der Waals surface area contributed by atoms with E-state index in [1.165, 1.54) is 27.7 Å². The minimum atomic E-state index is -1.13. The first-order valence-corrected chi connectivity index (χ1v) is 22.2. The molecule has 0 saturated carbocycles. The number of allylic oxidation sites excluding steroid dienone is 1. The van der Waals surface area contributed by atoms with E-state index in [0.29, 0.717) is 5.57 Å². The molecule has 72 heavy (non-hydrogen) atoms. The van der Waals surface area contributed by atoms with Gasteiger partial charge in [0.1, 0.15) is 27.2 Å². The van der Waals surface area contributed by atoms with Crippen LogP contribution in [0.15, 0.2) is 60.8 Å². The van der Waals surface area contributed by atoms with E-state index in [2.05, 4.69) is 48.8 Å². The first kappa shape index (κ1) is 77.2. The highest BCUT2D eigenvalue weighted by Crippen LogP contribution is 2.22. The number of carbonyl (C=O) groups is 5. The van der Waals surface area contributed by atoms with Crippen LogP contribution in [0.4, 0.5) is 0 Å². The topological polar surface area (TPSA) is 378 Å². The van der Waals surface area contributed by atoms with Gasteiger partial charge in [0.25, 0.3) is 0 Å². The number of hydrogen-bond donors (Lipinski definition) is 9. The minimum absolute atomic E-state index is 0.0312. The van der Waals surface area contributed by atoms with E-state index in [0.717, 1.165) is 0 Å². The van der Waals surface area contributed by atoms with E-state index in [-0.39, 0.29) is 80.7 Å². The van der Waals surface area contributed by atoms with E-state index < -0.39 is 126 Å². The molecule has 0 fully saturated rings. The number of aliphatic hydroxyl groups excluding tert-OH is 9. The first-order chi connectivity index (χ1) is 33.9. The third-order valence-electron chi connectivity index (χ3n) is 7.80. The normalized spacial score (nSPS) is 10.7. The third-order valence-corrected chi connectivity index (χ3v) is 8.12. The summed E-state index contributed by atoms with van der Waals surface area (Å²) in [5.41, 5.74) is -1.88. The van der Waals surface area contributed by atoms with Crippen molar-refractivity contribution >= 4 is 56.7 Å². The molecule has 28 heteroatoms. The number of alkyl halides is 1. The zero-order chi connectivity index (χ0) is 56.6. The van der Waals surface area contributed by atoms with Crippen molar-refractivity contribution in [2.75, 3.05) is 139 Å². The van der Waals surface area contributed by atoms with Crippen LogP contribution in [0.3, 0.4) is 0 Å². The highest BCUT2D eigenvalue weighted by atomic mass is 79.9. The molecule has 0 unspecified atom stereocenters. The Morgan fingerprint density at radius 1 is 0.375 bits per heavy atom. The fraction of sp³-hybridized carbons (Fsp3) is 0.659. The summed E-state index contributed by atoms with van der Waals surface area (Å²) in [4.78, 5) is 56.3. The zero-order valence-electron chi connectivity index (χ0n) is 41.6. The fourth-order valence-electron chi connectivity index (χ4n) is 3.75. The molecular formula is C44H76BrClO26. The Hall–Kier alpha value is -3.66. The smallest absolute Gasteiger partial charge is 0.335 e. The predicted octanol–water partition coefficient (Wildman–Crippen LogP) is -0.214. The Labute approximate surface area is 432 Å². The second-order valence-corrected chi connectivity index (χ2v) is 15.8. The summed E-state index contributed by atoms with van der Waals surface area (Å²) in [6, 6.07) is 0. The van der Waals surface area contributed by atoms with Gasteiger partial charge in [0.05, 0.1) is 101 Å². The molecule has 0 aromatic heterocycles. The molecule has 9 N–H and O–H groups in total. The van der Waals surface area contributed by atoms with Crippen LogP contribution in [0.2, 0.25) is 0 Å². The third kappa shape index (κ3) is 43.9. The summed E-state index contributed by atoms with van der Waals surface area (Å²) < 4.78 is 61.1. The number of aliphatic hydroxyl groups is 9. The van der Waals surface area contributed by atoms with Gasteiger partial charge in [-0.3, -0.25) is 4.79 Å². The Balaban J connectivity index is -0.000000346. The molecule has 0 aliphatic carbocycles. The van der Waals surface area contributed by atoms with Crippen molar-refractivity contribution in [1.29, 1.82) is 0 Å². The first-order valence-electron chi connectivity index (χ1n) is 20.7. The summed E-state index contributed by atoms with van der Waals surface area (Å²) in [5.74, 6) is -2.61. The van der Waals surface area contributed by atoms with Gasteiger partial charge in [-0.05, 0) is 46.2 Å². The van der Waals surface area contributed by atoms with Gasteiger partial charge in [-0.1, -0.05) is 48.8 Å². The lowest BCUT2D eigenvalue weighted by Crippen LogP contribution is -2.43. The van der Waals surface area contributed by atoms with Gasteiger partial charge in [0.15, 0.2) is 27.2 Å². The maximum Gasteiger partial charge on any atom is 0.335 e. The van der Waals surface area contributed by atoms with Gasteiger partial charge in [0.2, 0.25) is 5.24 Å². The van der Waals surface area contributed by atoms with Gasteiger partial charge in [-0.25, -0.2) is 19.2 Å². The molecular weight excluding hydrogens is 1060 g/mol. The van der Waals surface area contributed by atoms with Crippen molar-refractivity contribution in [3.63, 3.8) is 0 Å². The van der Waals surface area contributed by atoms with E-state index in [1.807, 2.05) is 0 Å². The zero-order valence-corrected chi connectivity index (χ0v) is 43.9. The Bertz CT molecular complexity index is 1330. The summed E-state index contributed by atoms with van der Waals surface area (Å²) in [6.07, 6.45) is 0. The maximum atomic E-state index is 11.6. The highest BCUT2D eigenvalue weighted by Gasteiger charge is 2.34. The molecule has 0 spiro atoms. The van der Waals surface area contributed by atoms with Gasteiger partial charge < -0.3 is 103 Å². The van der Waals surface area contributed by atoms with Crippen LogP contribution in [0.1, 0.15) is 34.6 Å². The van der Waals surface area contributed by atoms with Crippen molar-refractivity contribution in [2.24, 2.45) is 16.2 Å². The maximum absolute atomic E-state index is 11.6. The van der Waals surface area contributed by atoms with Crippen molar-refractivity contribution in [1.82, 2.24) is 0 Å². The van der Waals surface area contributed by atoms with Gasteiger partial charge in [-0.2, -0.15) is 0 Å². The molecule has 0 amide bonds. The molecule has 0 aliphatic rings. The number of halogens is 2. The summed E-state index contributed by atoms with van der Waals surface area (Å²) in [5, 5.41) is 75.5. The lowest BCUT2D eigenvalue weighted by atomic mass is 9.92. The SMILES string of the molecule is C=C(C)C(=O)Cl.C=C(C)C(=O)OCOCC(COCOC(=O)C(=C)C)(COCOC(=O)C(=C)C)COCOC(=O)C(=C)C.OCBr.OCC(CO)(CO)CO.OCOCC(COCO)(COCO)COCO. The summed E-state index contributed by atoms with van der Waals surface area (Å²) >= 11 is 7.58. The number of esters is 4. The quantitative estimate of drug-likeness (QED) is 0.00739. The van der Waals surface area contributed by atoms with Gasteiger partial charge >= 0.3 is 23.9 Å². The van der Waals surface area contributed by atoms with Crippen LogP contribution in [0, 0.1) is 16.2 Å².